The van der Waals surface area contributed by atoms with Gasteiger partial charge in [-0.1, -0.05) is 11.6 Å². The van der Waals surface area contributed by atoms with Crippen LogP contribution in [0.3, 0.4) is 0 Å². The van der Waals surface area contributed by atoms with Gasteiger partial charge >= 0.3 is 0 Å². The maximum Gasteiger partial charge on any atom is 0.137 e. The standard InChI is InChI=1S/C11H11ClN2/c1-9(7-12)6-10-8-14-5-3-2-4-11(14)13-10/h2-6,8H,7H2,1H3. The Morgan fingerprint density at radius 3 is 3.14 bits per heavy atom. The van der Waals surface area contributed by atoms with E-state index in [9.17, 15) is 0 Å². The van der Waals surface area contributed by atoms with Gasteiger partial charge in [-0.3, -0.25) is 0 Å². The molecule has 0 spiro atoms. The van der Waals surface area contributed by atoms with Crippen LogP contribution in [0.1, 0.15) is 12.6 Å². The summed E-state index contributed by atoms with van der Waals surface area (Å²) in [6.07, 6.45) is 5.97. The Morgan fingerprint density at radius 2 is 2.43 bits per heavy atom. The Morgan fingerprint density at radius 1 is 1.57 bits per heavy atom. The number of fused-ring (bicyclic) bond motifs is 1. The van der Waals surface area contributed by atoms with Gasteiger partial charge in [0, 0.05) is 18.3 Å². The summed E-state index contributed by atoms with van der Waals surface area (Å²) in [5.41, 5.74) is 3.03. The molecule has 0 unspecified atom stereocenters. The van der Waals surface area contributed by atoms with E-state index in [1.807, 2.05) is 48.0 Å². The van der Waals surface area contributed by atoms with Crippen LogP contribution in [0.4, 0.5) is 0 Å². The summed E-state index contributed by atoms with van der Waals surface area (Å²) >= 11 is 5.70. The first kappa shape index (κ1) is 9.28. The number of imidazole rings is 1. The van der Waals surface area contributed by atoms with Gasteiger partial charge in [-0.15, -0.1) is 11.6 Å². The van der Waals surface area contributed by atoms with Crippen molar-refractivity contribution in [2.45, 2.75) is 6.92 Å². The van der Waals surface area contributed by atoms with E-state index in [0.717, 1.165) is 16.9 Å². The molecule has 0 fully saturated rings. The predicted octanol–water partition coefficient (Wildman–Crippen LogP) is 2.98. The SMILES string of the molecule is CC(=Cc1cn2ccccc2n1)CCl. The Balaban J connectivity index is 2.45. The molecule has 3 heteroatoms. The molecule has 0 amide bonds. The minimum atomic E-state index is 0.549. The normalized spacial score (nSPS) is 12.3. The lowest BCUT2D eigenvalue weighted by Crippen LogP contribution is -1.77. The van der Waals surface area contributed by atoms with Gasteiger partial charge in [0.1, 0.15) is 5.65 Å². The first-order valence-electron chi connectivity index (χ1n) is 4.46. The topological polar surface area (TPSA) is 17.3 Å². The van der Waals surface area contributed by atoms with E-state index >= 15 is 0 Å². The smallest absolute Gasteiger partial charge is 0.137 e. The van der Waals surface area contributed by atoms with Crippen LogP contribution in [0.25, 0.3) is 11.7 Å². The van der Waals surface area contributed by atoms with Gasteiger partial charge in [0.05, 0.1) is 5.69 Å². The molecule has 2 aromatic heterocycles. The van der Waals surface area contributed by atoms with Crippen molar-refractivity contribution < 1.29 is 0 Å². The van der Waals surface area contributed by atoms with Crippen molar-refractivity contribution in [2.75, 3.05) is 5.88 Å². The Hall–Kier alpha value is -1.28. The molecule has 0 atom stereocenters. The second-order valence-electron chi connectivity index (χ2n) is 3.26. The lowest BCUT2D eigenvalue weighted by molar-refractivity contribution is 1.19. The molecule has 14 heavy (non-hydrogen) atoms. The highest BCUT2D eigenvalue weighted by Crippen LogP contribution is 2.09. The Bertz CT molecular complexity index is 438. The van der Waals surface area contributed by atoms with Gasteiger partial charge in [0.15, 0.2) is 0 Å². The number of aromatic nitrogens is 2. The number of allylic oxidation sites excluding steroid dienone is 1. The lowest BCUT2D eigenvalue weighted by atomic mass is 10.3. The van der Waals surface area contributed by atoms with E-state index in [4.69, 9.17) is 11.6 Å². The number of hydrogen-bond donors (Lipinski definition) is 0. The van der Waals surface area contributed by atoms with Crippen LogP contribution in [0, 0.1) is 0 Å². The van der Waals surface area contributed by atoms with E-state index in [1.54, 1.807) is 0 Å². The molecule has 0 saturated carbocycles. The second kappa shape index (κ2) is 3.84. The molecule has 0 aliphatic rings. The molecule has 2 heterocycles. The first-order chi connectivity index (χ1) is 6.79. The van der Waals surface area contributed by atoms with Gasteiger partial charge < -0.3 is 4.40 Å². The molecule has 2 rings (SSSR count). The van der Waals surface area contributed by atoms with Crippen molar-refractivity contribution >= 4 is 23.3 Å². The van der Waals surface area contributed by atoms with Crippen LogP contribution < -0.4 is 0 Å². The van der Waals surface area contributed by atoms with Crippen LogP contribution >= 0.6 is 11.6 Å². The molecule has 2 nitrogen and oxygen atoms in total. The van der Waals surface area contributed by atoms with Crippen LogP contribution in [-0.2, 0) is 0 Å². The monoisotopic (exact) mass is 206 g/mol. The van der Waals surface area contributed by atoms with Crippen LogP contribution in [0.15, 0.2) is 36.2 Å². The summed E-state index contributed by atoms with van der Waals surface area (Å²) < 4.78 is 1.99. The molecule has 2 aromatic rings. The molecular weight excluding hydrogens is 196 g/mol. The first-order valence-corrected chi connectivity index (χ1v) is 5.00. The van der Waals surface area contributed by atoms with Crippen molar-refractivity contribution in [1.82, 2.24) is 9.38 Å². The fourth-order valence-electron chi connectivity index (χ4n) is 1.31. The second-order valence-corrected chi connectivity index (χ2v) is 3.52. The van der Waals surface area contributed by atoms with E-state index in [0.29, 0.717) is 5.88 Å². The molecular formula is C11H11ClN2. The van der Waals surface area contributed by atoms with Crippen molar-refractivity contribution in [1.29, 1.82) is 0 Å². The largest absolute Gasteiger partial charge is 0.306 e. The van der Waals surface area contributed by atoms with Crippen LogP contribution in [0.2, 0.25) is 0 Å². The highest BCUT2D eigenvalue weighted by Gasteiger charge is 1.97. The number of halogens is 1. The van der Waals surface area contributed by atoms with Crippen molar-refractivity contribution in [3.8, 4) is 0 Å². The highest BCUT2D eigenvalue weighted by molar-refractivity contribution is 6.19. The fourth-order valence-corrected chi connectivity index (χ4v) is 1.39. The predicted molar refractivity (Wildman–Crippen MR) is 59.6 cm³/mol. The number of hydrogen-bond acceptors (Lipinski definition) is 1. The number of alkyl halides is 1. The molecule has 0 saturated heterocycles. The van der Waals surface area contributed by atoms with Crippen LogP contribution in [0.5, 0.6) is 0 Å². The van der Waals surface area contributed by atoms with Gasteiger partial charge in [-0.05, 0) is 25.1 Å². The Labute approximate surface area is 87.8 Å². The molecule has 0 aromatic carbocycles. The zero-order valence-electron chi connectivity index (χ0n) is 7.94. The zero-order chi connectivity index (χ0) is 9.97. The average Bonchev–Trinajstić information content (AvgIpc) is 2.59. The minimum absolute atomic E-state index is 0.549. The summed E-state index contributed by atoms with van der Waals surface area (Å²) in [7, 11) is 0. The third-order valence-corrected chi connectivity index (χ3v) is 2.41. The maximum absolute atomic E-state index is 5.70. The fraction of sp³-hybridized carbons (Fsp3) is 0.182. The molecule has 0 aliphatic heterocycles. The highest BCUT2D eigenvalue weighted by atomic mass is 35.5. The van der Waals surface area contributed by atoms with E-state index in [1.165, 1.54) is 0 Å². The Kier molecular flexibility index (Phi) is 2.55. The van der Waals surface area contributed by atoms with Crippen molar-refractivity contribution in [2.24, 2.45) is 0 Å². The summed E-state index contributed by atoms with van der Waals surface area (Å²) in [6.45, 7) is 2.00. The zero-order valence-corrected chi connectivity index (χ0v) is 8.70. The van der Waals surface area contributed by atoms with E-state index in [2.05, 4.69) is 4.98 Å². The molecule has 72 valence electrons. The third kappa shape index (κ3) is 1.80. The third-order valence-electron chi connectivity index (χ3n) is 1.99. The summed E-state index contributed by atoms with van der Waals surface area (Å²) in [5, 5.41) is 0. The number of pyridine rings is 1. The summed E-state index contributed by atoms with van der Waals surface area (Å²) in [4.78, 5) is 4.43. The van der Waals surface area contributed by atoms with Crippen molar-refractivity contribution in [3.05, 3.63) is 41.9 Å². The molecule has 0 radical (unpaired) electrons. The average molecular weight is 207 g/mol. The van der Waals surface area contributed by atoms with Gasteiger partial charge in [-0.2, -0.15) is 0 Å². The van der Waals surface area contributed by atoms with Crippen molar-refractivity contribution in [3.63, 3.8) is 0 Å². The number of rotatable bonds is 2. The quantitative estimate of drug-likeness (QED) is 0.691. The van der Waals surface area contributed by atoms with Crippen LogP contribution in [-0.4, -0.2) is 15.3 Å². The molecule has 0 aliphatic carbocycles. The lowest BCUT2D eigenvalue weighted by Gasteiger charge is -1.88. The van der Waals surface area contributed by atoms with E-state index < -0.39 is 0 Å². The maximum atomic E-state index is 5.70. The summed E-state index contributed by atoms with van der Waals surface area (Å²) in [6, 6.07) is 5.94. The van der Waals surface area contributed by atoms with E-state index in [-0.39, 0.29) is 0 Å². The van der Waals surface area contributed by atoms with Gasteiger partial charge in [0.25, 0.3) is 0 Å². The van der Waals surface area contributed by atoms with Gasteiger partial charge in [0.2, 0.25) is 0 Å². The van der Waals surface area contributed by atoms with Gasteiger partial charge in [-0.25, -0.2) is 4.98 Å². The minimum Gasteiger partial charge on any atom is -0.306 e. The number of nitrogens with zero attached hydrogens (tertiary/aromatic N) is 2. The molecule has 0 N–H and O–H groups in total. The summed E-state index contributed by atoms with van der Waals surface area (Å²) in [5.74, 6) is 0.549. The molecule has 0 bridgehead atoms.